The summed E-state index contributed by atoms with van der Waals surface area (Å²) >= 11 is 0. The molecule has 1 amide bonds. The lowest BCUT2D eigenvalue weighted by Gasteiger charge is -2.33. The van der Waals surface area contributed by atoms with E-state index in [0.717, 1.165) is 34.5 Å². The van der Waals surface area contributed by atoms with E-state index in [-0.39, 0.29) is 12.0 Å². The van der Waals surface area contributed by atoms with E-state index >= 15 is 0 Å². The van der Waals surface area contributed by atoms with Crippen LogP contribution in [0, 0.1) is 6.92 Å². The van der Waals surface area contributed by atoms with Gasteiger partial charge in [-0.05, 0) is 52.8 Å². The zero-order chi connectivity index (χ0) is 22.4. The van der Waals surface area contributed by atoms with Gasteiger partial charge >= 0.3 is 6.09 Å². The minimum atomic E-state index is -0.262. The summed E-state index contributed by atoms with van der Waals surface area (Å²) in [4.78, 5) is 17.0. The minimum Gasteiger partial charge on any atom is -0.448 e. The van der Waals surface area contributed by atoms with Crippen LogP contribution in [0.4, 0.5) is 16.2 Å². The van der Waals surface area contributed by atoms with Crippen molar-refractivity contribution in [2.24, 2.45) is 0 Å². The van der Waals surface area contributed by atoms with Gasteiger partial charge in [-0.15, -0.1) is 0 Å². The van der Waals surface area contributed by atoms with Crippen LogP contribution in [0.1, 0.15) is 33.7 Å². The Balaban J connectivity index is 1.36. The summed E-state index contributed by atoms with van der Waals surface area (Å²) in [5.74, 6) is 0.0682. The number of carbonyl (C=O) groups is 1. The van der Waals surface area contributed by atoms with Gasteiger partial charge in [0.15, 0.2) is 0 Å². The first-order valence-electron chi connectivity index (χ1n) is 11.1. The van der Waals surface area contributed by atoms with E-state index in [1.165, 1.54) is 22.3 Å². The molecule has 32 heavy (non-hydrogen) atoms. The molecule has 0 bridgehead atoms. The Morgan fingerprint density at radius 1 is 1.06 bits per heavy atom. The quantitative estimate of drug-likeness (QED) is 0.601. The highest BCUT2D eigenvalue weighted by molar-refractivity contribution is 5.79. The second-order valence-electron chi connectivity index (χ2n) is 8.96. The molecule has 0 spiro atoms. The standard InChI is InChI=1S/C27H29N3O2/c1-17-14-25(28)22-12-13-30(15-23(22)26(17)29(2)3)27(31)32-16-24-20-10-6-4-8-18(20)19-9-5-7-11-21(19)24/h4-11,14,24H,12-13,15-16,28H2,1-3H3. The number of aryl methyl sites for hydroxylation is 1. The fourth-order valence-corrected chi connectivity index (χ4v) is 5.39. The van der Waals surface area contributed by atoms with Gasteiger partial charge < -0.3 is 20.3 Å². The van der Waals surface area contributed by atoms with E-state index in [0.29, 0.717) is 19.7 Å². The molecule has 0 saturated carbocycles. The van der Waals surface area contributed by atoms with Crippen molar-refractivity contribution < 1.29 is 9.53 Å². The van der Waals surface area contributed by atoms with Gasteiger partial charge in [0.05, 0.1) is 6.54 Å². The van der Waals surface area contributed by atoms with E-state index in [2.05, 4.69) is 60.4 Å². The van der Waals surface area contributed by atoms with Crippen molar-refractivity contribution in [2.75, 3.05) is 37.9 Å². The van der Waals surface area contributed by atoms with Crippen LogP contribution in [0.15, 0.2) is 54.6 Å². The molecule has 1 heterocycles. The first kappa shape index (κ1) is 20.4. The number of hydrogen-bond acceptors (Lipinski definition) is 4. The molecule has 5 rings (SSSR count). The van der Waals surface area contributed by atoms with Crippen LogP contribution in [0.5, 0.6) is 0 Å². The molecule has 3 aromatic rings. The van der Waals surface area contributed by atoms with Gasteiger partial charge in [0, 0.05) is 43.5 Å². The number of anilines is 2. The topological polar surface area (TPSA) is 58.8 Å². The molecule has 164 valence electrons. The number of rotatable bonds is 3. The molecule has 0 atom stereocenters. The van der Waals surface area contributed by atoms with Crippen LogP contribution in [-0.2, 0) is 17.7 Å². The Morgan fingerprint density at radius 2 is 1.69 bits per heavy atom. The molecule has 1 aliphatic carbocycles. The SMILES string of the molecule is Cc1cc(N)c2c(c1N(C)C)CN(C(=O)OCC1c3ccccc3-c3ccccc31)CC2. The number of fused-ring (bicyclic) bond motifs is 4. The summed E-state index contributed by atoms with van der Waals surface area (Å²) in [6.07, 6.45) is 0.481. The predicted molar refractivity (Wildman–Crippen MR) is 129 cm³/mol. The average molecular weight is 428 g/mol. The maximum Gasteiger partial charge on any atom is 0.410 e. The Kier molecular flexibility index (Phi) is 5.04. The first-order chi connectivity index (χ1) is 15.5. The van der Waals surface area contributed by atoms with Crippen molar-refractivity contribution in [3.63, 3.8) is 0 Å². The van der Waals surface area contributed by atoms with Crippen LogP contribution in [0.25, 0.3) is 11.1 Å². The molecule has 5 nitrogen and oxygen atoms in total. The Labute approximate surface area is 189 Å². The summed E-state index contributed by atoms with van der Waals surface area (Å²) in [5, 5.41) is 0. The normalized spacial score (nSPS) is 14.5. The number of benzene rings is 3. The number of hydrogen-bond donors (Lipinski definition) is 1. The van der Waals surface area contributed by atoms with Crippen LogP contribution in [0.3, 0.4) is 0 Å². The van der Waals surface area contributed by atoms with Crippen molar-refractivity contribution >= 4 is 17.5 Å². The monoisotopic (exact) mass is 427 g/mol. The van der Waals surface area contributed by atoms with Crippen LogP contribution in [-0.4, -0.2) is 38.2 Å². The van der Waals surface area contributed by atoms with Crippen molar-refractivity contribution in [3.05, 3.63) is 82.4 Å². The summed E-state index contributed by atoms with van der Waals surface area (Å²) in [7, 11) is 4.07. The Morgan fingerprint density at radius 3 is 2.31 bits per heavy atom. The maximum absolute atomic E-state index is 13.1. The summed E-state index contributed by atoms with van der Waals surface area (Å²) < 4.78 is 5.90. The summed E-state index contributed by atoms with van der Waals surface area (Å²) in [5.41, 5.74) is 16.6. The lowest BCUT2D eigenvalue weighted by atomic mass is 9.93. The van der Waals surface area contributed by atoms with Gasteiger partial charge in [0.2, 0.25) is 0 Å². The zero-order valence-corrected chi connectivity index (χ0v) is 18.9. The smallest absolute Gasteiger partial charge is 0.410 e. The highest BCUT2D eigenvalue weighted by atomic mass is 16.6. The van der Waals surface area contributed by atoms with Crippen LogP contribution >= 0.6 is 0 Å². The number of nitrogen functional groups attached to an aromatic ring is 1. The van der Waals surface area contributed by atoms with E-state index < -0.39 is 0 Å². The average Bonchev–Trinajstić information content (AvgIpc) is 3.10. The molecular weight excluding hydrogens is 398 g/mol. The lowest BCUT2D eigenvalue weighted by molar-refractivity contribution is 0.0954. The molecule has 1 aliphatic heterocycles. The molecule has 0 aromatic heterocycles. The van der Waals surface area contributed by atoms with E-state index in [1.807, 2.05) is 20.2 Å². The van der Waals surface area contributed by atoms with Gasteiger partial charge in [-0.25, -0.2) is 4.79 Å². The van der Waals surface area contributed by atoms with Crippen LogP contribution in [0.2, 0.25) is 0 Å². The molecular formula is C27H29N3O2. The molecule has 0 radical (unpaired) electrons. The van der Waals surface area contributed by atoms with Gasteiger partial charge in [0.1, 0.15) is 6.61 Å². The maximum atomic E-state index is 13.1. The Bertz CT molecular complexity index is 1160. The number of ether oxygens (including phenoxy) is 1. The molecule has 2 aliphatic rings. The number of carbonyl (C=O) groups excluding carboxylic acids is 1. The zero-order valence-electron chi connectivity index (χ0n) is 18.9. The largest absolute Gasteiger partial charge is 0.448 e. The highest BCUT2D eigenvalue weighted by Gasteiger charge is 2.31. The van der Waals surface area contributed by atoms with E-state index in [9.17, 15) is 4.79 Å². The summed E-state index contributed by atoms with van der Waals surface area (Å²) in [6.45, 7) is 3.54. The van der Waals surface area contributed by atoms with Gasteiger partial charge in [-0.3, -0.25) is 0 Å². The third-order valence-electron chi connectivity index (χ3n) is 6.77. The van der Waals surface area contributed by atoms with Crippen LogP contribution < -0.4 is 10.6 Å². The predicted octanol–water partition coefficient (Wildman–Crippen LogP) is 4.95. The van der Waals surface area contributed by atoms with Crippen molar-refractivity contribution in [3.8, 4) is 11.1 Å². The van der Waals surface area contributed by atoms with E-state index in [4.69, 9.17) is 10.5 Å². The fourth-order valence-electron chi connectivity index (χ4n) is 5.39. The molecule has 5 heteroatoms. The highest BCUT2D eigenvalue weighted by Crippen LogP contribution is 2.44. The summed E-state index contributed by atoms with van der Waals surface area (Å²) in [6, 6.07) is 18.8. The minimum absolute atomic E-state index is 0.0682. The number of nitrogens with two attached hydrogens (primary N) is 1. The Hall–Kier alpha value is -3.47. The lowest BCUT2D eigenvalue weighted by Crippen LogP contribution is -2.38. The molecule has 3 aromatic carbocycles. The van der Waals surface area contributed by atoms with Crippen molar-refractivity contribution in [1.29, 1.82) is 0 Å². The van der Waals surface area contributed by atoms with E-state index in [1.54, 1.807) is 4.90 Å². The third kappa shape index (κ3) is 3.29. The first-order valence-corrected chi connectivity index (χ1v) is 11.1. The van der Waals surface area contributed by atoms with Crippen molar-refractivity contribution in [1.82, 2.24) is 4.90 Å². The molecule has 0 unspecified atom stereocenters. The van der Waals surface area contributed by atoms with Crippen molar-refractivity contribution in [2.45, 2.75) is 25.8 Å². The second kappa shape index (κ2) is 7.90. The molecule has 0 fully saturated rings. The second-order valence-corrected chi connectivity index (χ2v) is 8.96. The third-order valence-corrected chi connectivity index (χ3v) is 6.77. The fraction of sp³-hybridized carbons (Fsp3) is 0.296. The molecule has 0 saturated heterocycles. The molecule has 2 N–H and O–H groups in total. The number of nitrogens with zero attached hydrogens (tertiary/aromatic N) is 2. The van der Waals surface area contributed by atoms with Gasteiger partial charge in [0.25, 0.3) is 0 Å². The van der Waals surface area contributed by atoms with Gasteiger partial charge in [-0.2, -0.15) is 0 Å². The number of amides is 1. The van der Waals surface area contributed by atoms with Gasteiger partial charge in [-0.1, -0.05) is 48.5 Å².